The van der Waals surface area contributed by atoms with E-state index in [-0.39, 0.29) is 11.8 Å². The number of amides is 1. The molecule has 1 fully saturated rings. The van der Waals surface area contributed by atoms with Gasteiger partial charge in [0.05, 0.1) is 13.7 Å². The molecule has 1 aromatic rings. The number of carbonyl (C=O) groups excluding carboxylic acids is 1. The summed E-state index contributed by atoms with van der Waals surface area (Å²) in [5.41, 5.74) is 8.30. The lowest BCUT2D eigenvalue weighted by atomic mass is 10.1. The van der Waals surface area contributed by atoms with E-state index in [1.165, 1.54) is 0 Å². The Morgan fingerprint density at radius 1 is 1.43 bits per heavy atom. The summed E-state index contributed by atoms with van der Waals surface area (Å²) in [4.78, 5) is 16.3. The summed E-state index contributed by atoms with van der Waals surface area (Å²) in [5.74, 6) is 1.53. The van der Waals surface area contributed by atoms with Crippen LogP contribution in [-0.2, 0) is 4.79 Å². The molecule has 7 nitrogen and oxygen atoms in total. The van der Waals surface area contributed by atoms with E-state index in [2.05, 4.69) is 10.0 Å². The fourth-order valence-corrected chi connectivity index (χ4v) is 2.35. The van der Waals surface area contributed by atoms with Gasteiger partial charge in [0.1, 0.15) is 6.61 Å². The van der Waals surface area contributed by atoms with Gasteiger partial charge in [0.2, 0.25) is 5.91 Å². The van der Waals surface area contributed by atoms with Crippen LogP contribution >= 0.6 is 0 Å². The van der Waals surface area contributed by atoms with Gasteiger partial charge in [-0.05, 0) is 23.6 Å². The van der Waals surface area contributed by atoms with E-state index >= 15 is 0 Å². The van der Waals surface area contributed by atoms with Gasteiger partial charge in [0.25, 0.3) is 0 Å². The maximum atomic E-state index is 11.8. The Kier molecular flexibility index (Phi) is 5.29. The number of nitrogens with zero attached hydrogens (tertiary/aromatic N) is 4. The molecule has 1 atom stereocenters. The van der Waals surface area contributed by atoms with Crippen LogP contribution in [0.2, 0.25) is 0 Å². The number of methoxy groups -OCH3 is 1. The predicted molar refractivity (Wildman–Crippen MR) is 77.2 cm³/mol. The Morgan fingerprint density at radius 3 is 2.90 bits per heavy atom. The van der Waals surface area contributed by atoms with E-state index in [0.29, 0.717) is 44.2 Å². The molecule has 7 heteroatoms. The van der Waals surface area contributed by atoms with Gasteiger partial charge in [-0.1, -0.05) is 17.2 Å². The van der Waals surface area contributed by atoms with Crippen molar-refractivity contribution in [3.63, 3.8) is 0 Å². The molecule has 0 N–H and O–H groups in total. The van der Waals surface area contributed by atoms with Crippen molar-refractivity contribution in [2.45, 2.75) is 6.42 Å². The fourth-order valence-electron chi connectivity index (χ4n) is 2.35. The summed E-state index contributed by atoms with van der Waals surface area (Å²) < 4.78 is 10.9. The molecule has 1 aliphatic heterocycles. The van der Waals surface area contributed by atoms with Crippen molar-refractivity contribution >= 4 is 5.91 Å². The second-order valence-corrected chi connectivity index (χ2v) is 4.82. The Labute approximate surface area is 123 Å². The molecule has 1 saturated heterocycles. The van der Waals surface area contributed by atoms with Crippen LogP contribution in [0.3, 0.4) is 0 Å². The van der Waals surface area contributed by atoms with Gasteiger partial charge in [0.15, 0.2) is 11.5 Å². The number of likely N-dealkylation sites (tertiary alicyclic amines) is 1. The number of benzene rings is 1. The van der Waals surface area contributed by atoms with Crippen molar-refractivity contribution in [3.8, 4) is 11.5 Å². The molecule has 1 aromatic carbocycles. The summed E-state index contributed by atoms with van der Waals surface area (Å²) in [7, 11) is 1.59. The molecule has 0 aliphatic carbocycles. The van der Waals surface area contributed by atoms with Crippen LogP contribution in [-0.4, -0.2) is 44.2 Å². The van der Waals surface area contributed by atoms with E-state index in [4.69, 9.17) is 15.0 Å². The van der Waals surface area contributed by atoms with Gasteiger partial charge in [-0.15, -0.1) is 0 Å². The number of rotatable bonds is 7. The summed E-state index contributed by atoms with van der Waals surface area (Å²) in [6.45, 7) is 1.91. The quantitative estimate of drug-likeness (QED) is 0.438. The smallest absolute Gasteiger partial charge is 0.223 e. The Morgan fingerprint density at radius 2 is 2.19 bits per heavy atom. The molecule has 2 rings (SSSR count). The van der Waals surface area contributed by atoms with Gasteiger partial charge in [-0.25, -0.2) is 0 Å². The maximum Gasteiger partial charge on any atom is 0.223 e. The van der Waals surface area contributed by atoms with Crippen LogP contribution in [0.4, 0.5) is 0 Å². The van der Waals surface area contributed by atoms with Crippen molar-refractivity contribution in [2.24, 2.45) is 11.0 Å². The summed E-state index contributed by atoms with van der Waals surface area (Å²) in [5, 5.41) is 3.53. The highest BCUT2D eigenvalue weighted by Gasteiger charge is 2.28. The third-order valence-corrected chi connectivity index (χ3v) is 3.39. The molecule has 0 radical (unpaired) electrons. The molecule has 0 saturated carbocycles. The average Bonchev–Trinajstić information content (AvgIpc) is 2.86. The maximum absolute atomic E-state index is 11.8. The van der Waals surface area contributed by atoms with Gasteiger partial charge in [-0.3, -0.25) is 4.79 Å². The topological polar surface area (TPSA) is 87.5 Å². The zero-order valence-corrected chi connectivity index (χ0v) is 11.9. The van der Waals surface area contributed by atoms with Crippen molar-refractivity contribution < 1.29 is 14.3 Å². The molecule has 0 bridgehead atoms. The number of azide groups is 1. The first-order valence-corrected chi connectivity index (χ1v) is 6.79. The number of hydrogen-bond donors (Lipinski definition) is 0. The Hall–Kier alpha value is -2.40. The zero-order valence-electron chi connectivity index (χ0n) is 11.9. The highest BCUT2D eigenvalue weighted by molar-refractivity contribution is 5.78. The number of ether oxygens (including phenoxy) is 2. The molecule has 0 aromatic heterocycles. The molecular weight excluding hydrogens is 272 g/mol. The lowest BCUT2D eigenvalue weighted by molar-refractivity contribution is -0.128. The van der Waals surface area contributed by atoms with E-state index in [1.807, 2.05) is 24.3 Å². The van der Waals surface area contributed by atoms with Crippen LogP contribution in [0.1, 0.15) is 6.42 Å². The largest absolute Gasteiger partial charge is 0.493 e. The number of para-hydroxylation sites is 2. The van der Waals surface area contributed by atoms with E-state index < -0.39 is 0 Å². The molecular formula is C14H18N4O3. The van der Waals surface area contributed by atoms with E-state index in [1.54, 1.807) is 12.0 Å². The highest BCUT2D eigenvalue weighted by atomic mass is 16.5. The molecule has 1 aliphatic rings. The highest BCUT2D eigenvalue weighted by Crippen LogP contribution is 2.26. The van der Waals surface area contributed by atoms with Crippen molar-refractivity contribution in [2.75, 3.05) is 33.4 Å². The Balaban J connectivity index is 1.81. The van der Waals surface area contributed by atoms with Crippen molar-refractivity contribution in [1.29, 1.82) is 0 Å². The minimum Gasteiger partial charge on any atom is -0.493 e. The molecule has 1 unspecified atom stereocenters. The van der Waals surface area contributed by atoms with Crippen molar-refractivity contribution in [3.05, 3.63) is 34.7 Å². The first-order chi connectivity index (χ1) is 10.2. The molecule has 21 heavy (non-hydrogen) atoms. The van der Waals surface area contributed by atoms with Gasteiger partial charge < -0.3 is 14.4 Å². The standard InChI is InChI=1S/C14H18N4O3/c1-20-12-4-2-3-5-13(12)21-7-6-18-10-11(8-14(18)19)9-16-17-15/h2-5,11H,6-10H2,1H3. The first-order valence-electron chi connectivity index (χ1n) is 6.79. The van der Waals surface area contributed by atoms with Crippen LogP contribution < -0.4 is 9.47 Å². The molecule has 112 valence electrons. The normalized spacial score (nSPS) is 17.5. The first kappa shape index (κ1) is 15.0. The average molecular weight is 290 g/mol. The fraction of sp³-hybridized carbons (Fsp3) is 0.500. The van der Waals surface area contributed by atoms with Gasteiger partial charge in [-0.2, -0.15) is 0 Å². The minimum atomic E-state index is 0.0803. The van der Waals surface area contributed by atoms with E-state index in [0.717, 1.165) is 0 Å². The van der Waals surface area contributed by atoms with E-state index in [9.17, 15) is 4.79 Å². The Bertz CT molecular complexity index is 543. The zero-order chi connectivity index (χ0) is 15.1. The van der Waals surface area contributed by atoms with Gasteiger partial charge in [0, 0.05) is 24.4 Å². The summed E-state index contributed by atoms with van der Waals surface area (Å²) >= 11 is 0. The monoisotopic (exact) mass is 290 g/mol. The summed E-state index contributed by atoms with van der Waals surface area (Å²) in [6, 6.07) is 7.39. The predicted octanol–water partition coefficient (Wildman–Crippen LogP) is 2.23. The molecule has 1 heterocycles. The number of carbonyl (C=O) groups is 1. The van der Waals surface area contributed by atoms with Crippen LogP contribution in [0, 0.1) is 5.92 Å². The van der Waals surface area contributed by atoms with Crippen LogP contribution in [0.25, 0.3) is 10.4 Å². The van der Waals surface area contributed by atoms with Gasteiger partial charge >= 0.3 is 0 Å². The summed E-state index contributed by atoms with van der Waals surface area (Å²) in [6.07, 6.45) is 0.438. The SMILES string of the molecule is COc1ccccc1OCCN1CC(CN=[N+]=[N-])CC1=O. The second kappa shape index (κ2) is 7.40. The number of hydrogen-bond acceptors (Lipinski definition) is 4. The third-order valence-electron chi connectivity index (χ3n) is 3.39. The molecule has 0 spiro atoms. The lowest BCUT2D eigenvalue weighted by Gasteiger charge is -2.17. The third kappa shape index (κ3) is 4.03. The minimum absolute atomic E-state index is 0.0803. The van der Waals surface area contributed by atoms with Crippen LogP contribution in [0.5, 0.6) is 11.5 Å². The second-order valence-electron chi connectivity index (χ2n) is 4.82. The van der Waals surface area contributed by atoms with Crippen molar-refractivity contribution in [1.82, 2.24) is 4.90 Å². The van der Waals surface area contributed by atoms with Crippen LogP contribution in [0.15, 0.2) is 29.4 Å². The lowest BCUT2D eigenvalue weighted by Crippen LogP contribution is -2.30. The molecule has 1 amide bonds.